The Balaban J connectivity index is 1.98. The lowest BCUT2D eigenvalue weighted by Crippen LogP contribution is -2.15. The molecule has 1 heterocycles. The second-order valence-corrected chi connectivity index (χ2v) is 4.97. The van der Waals surface area contributed by atoms with E-state index < -0.39 is 0 Å². The zero-order chi connectivity index (χ0) is 13.0. The predicted octanol–water partition coefficient (Wildman–Crippen LogP) is 2.60. The van der Waals surface area contributed by atoms with Crippen molar-refractivity contribution in [3.05, 3.63) is 54.1 Å². The van der Waals surface area contributed by atoms with Crippen molar-refractivity contribution in [1.29, 1.82) is 0 Å². The first kappa shape index (κ1) is 12.9. The molecule has 0 bridgehead atoms. The van der Waals surface area contributed by atoms with Crippen molar-refractivity contribution in [2.24, 2.45) is 5.73 Å². The van der Waals surface area contributed by atoms with E-state index in [9.17, 15) is 4.39 Å². The number of aromatic nitrogens is 1. The fourth-order valence-electron chi connectivity index (χ4n) is 1.53. The number of anilines is 1. The van der Waals surface area contributed by atoms with Crippen molar-refractivity contribution in [2.45, 2.75) is 10.9 Å². The number of nitrogens with zero attached hydrogens (tertiary/aromatic N) is 1. The van der Waals surface area contributed by atoms with Gasteiger partial charge in [0.1, 0.15) is 5.82 Å². The molecule has 0 fully saturated rings. The van der Waals surface area contributed by atoms with Crippen molar-refractivity contribution < 1.29 is 4.39 Å². The maximum absolute atomic E-state index is 12.7. The van der Waals surface area contributed by atoms with E-state index in [0.717, 1.165) is 10.5 Å². The monoisotopic (exact) mass is 263 g/mol. The Kier molecular flexibility index (Phi) is 4.17. The molecule has 0 radical (unpaired) electrons. The molecular weight excluding hydrogens is 249 g/mol. The molecule has 2 rings (SSSR count). The number of benzene rings is 1. The molecule has 5 heteroatoms. The van der Waals surface area contributed by atoms with Gasteiger partial charge in [-0.15, -0.1) is 11.8 Å². The number of nitrogen functional groups attached to an aromatic ring is 1. The average molecular weight is 263 g/mol. The highest BCUT2D eigenvalue weighted by Crippen LogP contribution is 2.25. The predicted molar refractivity (Wildman–Crippen MR) is 72.7 cm³/mol. The van der Waals surface area contributed by atoms with Crippen molar-refractivity contribution in [2.75, 3.05) is 11.5 Å². The summed E-state index contributed by atoms with van der Waals surface area (Å²) in [5.74, 6) is 0.432. The van der Waals surface area contributed by atoms with E-state index in [1.165, 1.54) is 12.1 Å². The van der Waals surface area contributed by atoms with Crippen molar-refractivity contribution in [3.8, 4) is 0 Å². The highest BCUT2D eigenvalue weighted by Gasteiger charge is 2.10. The molecule has 3 nitrogen and oxygen atoms in total. The third kappa shape index (κ3) is 3.21. The quantitative estimate of drug-likeness (QED) is 0.832. The third-order valence-electron chi connectivity index (χ3n) is 2.53. The van der Waals surface area contributed by atoms with Gasteiger partial charge in [0, 0.05) is 40.3 Å². The van der Waals surface area contributed by atoms with E-state index >= 15 is 0 Å². The molecule has 1 aromatic carbocycles. The topological polar surface area (TPSA) is 64.9 Å². The number of pyridine rings is 1. The Morgan fingerprint density at radius 1 is 1.22 bits per heavy atom. The fourth-order valence-corrected chi connectivity index (χ4v) is 2.41. The van der Waals surface area contributed by atoms with Gasteiger partial charge < -0.3 is 11.5 Å². The molecule has 0 spiro atoms. The normalized spacial score (nSPS) is 12.3. The molecule has 94 valence electrons. The molecule has 0 amide bonds. The molecule has 0 aliphatic heterocycles. The maximum Gasteiger partial charge on any atom is 0.123 e. The molecule has 0 saturated heterocycles. The van der Waals surface area contributed by atoms with Crippen LogP contribution in [0.1, 0.15) is 11.6 Å². The number of hydrogen-bond donors (Lipinski definition) is 2. The molecule has 0 saturated carbocycles. The maximum atomic E-state index is 12.7. The van der Waals surface area contributed by atoms with Crippen LogP contribution in [-0.2, 0) is 0 Å². The lowest BCUT2D eigenvalue weighted by atomic mass is 10.1. The van der Waals surface area contributed by atoms with Crippen LogP contribution in [0.15, 0.2) is 47.6 Å². The fraction of sp³-hybridized carbons (Fsp3) is 0.154. The number of rotatable bonds is 4. The summed E-state index contributed by atoms with van der Waals surface area (Å²) in [7, 11) is 0. The van der Waals surface area contributed by atoms with E-state index in [4.69, 9.17) is 11.5 Å². The third-order valence-corrected chi connectivity index (χ3v) is 3.66. The standard InChI is InChI=1S/C13H14FN3S/c14-9-1-3-10(4-2-9)18-8-13(16)11-7-17-6-5-12(11)15/h1-7,13H,8,16H2,(H2,15,17). The second-order valence-electron chi connectivity index (χ2n) is 3.88. The van der Waals surface area contributed by atoms with Crippen LogP contribution in [0.2, 0.25) is 0 Å². The summed E-state index contributed by atoms with van der Waals surface area (Å²) in [6, 6.07) is 7.89. The SMILES string of the molecule is Nc1ccncc1C(N)CSc1ccc(F)cc1. The average Bonchev–Trinajstić information content (AvgIpc) is 2.38. The van der Waals surface area contributed by atoms with Gasteiger partial charge in [0.05, 0.1) is 0 Å². The van der Waals surface area contributed by atoms with Crippen LogP contribution in [0.3, 0.4) is 0 Å². The molecule has 0 aliphatic carbocycles. The van der Waals surface area contributed by atoms with Crippen LogP contribution >= 0.6 is 11.8 Å². The van der Waals surface area contributed by atoms with Crippen molar-refractivity contribution >= 4 is 17.4 Å². The summed E-state index contributed by atoms with van der Waals surface area (Å²) in [5.41, 5.74) is 13.4. The summed E-state index contributed by atoms with van der Waals surface area (Å²) in [6.45, 7) is 0. The van der Waals surface area contributed by atoms with Crippen LogP contribution in [0.4, 0.5) is 10.1 Å². The number of halogens is 1. The zero-order valence-corrected chi connectivity index (χ0v) is 10.5. The summed E-state index contributed by atoms with van der Waals surface area (Å²) in [4.78, 5) is 5.00. The molecule has 1 unspecified atom stereocenters. The number of hydrogen-bond acceptors (Lipinski definition) is 4. The van der Waals surface area contributed by atoms with Crippen molar-refractivity contribution in [1.82, 2.24) is 4.98 Å². The van der Waals surface area contributed by atoms with Gasteiger partial charge in [-0.25, -0.2) is 4.39 Å². The van der Waals surface area contributed by atoms with Gasteiger partial charge in [0.2, 0.25) is 0 Å². The van der Waals surface area contributed by atoms with E-state index in [-0.39, 0.29) is 11.9 Å². The Morgan fingerprint density at radius 2 is 1.94 bits per heavy atom. The Bertz CT molecular complexity index is 516. The molecule has 0 aliphatic rings. The van der Waals surface area contributed by atoms with Gasteiger partial charge in [-0.1, -0.05) is 0 Å². The van der Waals surface area contributed by atoms with Gasteiger partial charge in [0.25, 0.3) is 0 Å². The summed E-state index contributed by atoms with van der Waals surface area (Å²) in [5, 5.41) is 0. The Labute approximate surface area is 109 Å². The number of thioether (sulfide) groups is 1. The van der Waals surface area contributed by atoms with Crippen LogP contribution in [0.25, 0.3) is 0 Å². The summed E-state index contributed by atoms with van der Waals surface area (Å²) < 4.78 is 12.7. The van der Waals surface area contributed by atoms with Gasteiger partial charge in [-0.05, 0) is 30.3 Å². The largest absolute Gasteiger partial charge is 0.398 e. The van der Waals surface area contributed by atoms with Gasteiger partial charge in [-0.2, -0.15) is 0 Å². The minimum absolute atomic E-state index is 0.186. The van der Waals surface area contributed by atoms with E-state index in [2.05, 4.69) is 4.98 Å². The first-order valence-electron chi connectivity index (χ1n) is 5.50. The minimum Gasteiger partial charge on any atom is -0.398 e. The molecule has 2 aromatic rings. The van der Waals surface area contributed by atoms with Gasteiger partial charge in [0.15, 0.2) is 0 Å². The summed E-state index contributed by atoms with van der Waals surface area (Å²) >= 11 is 1.57. The van der Waals surface area contributed by atoms with E-state index in [1.807, 2.05) is 0 Å². The summed E-state index contributed by atoms with van der Waals surface area (Å²) in [6.07, 6.45) is 3.32. The molecule has 1 aromatic heterocycles. The molecule has 4 N–H and O–H groups in total. The number of nitrogens with two attached hydrogens (primary N) is 2. The minimum atomic E-state index is -0.236. The molecule has 1 atom stereocenters. The lowest BCUT2D eigenvalue weighted by molar-refractivity contribution is 0.626. The van der Waals surface area contributed by atoms with Crippen LogP contribution in [0.5, 0.6) is 0 Å². The first-order chi connectivity index (χ1) is 8.66. The van der Waals surface area contributed by atoms with Crippen LogP contribution in [-0.4, -0.2) is 10.7 Å². The van der Waals surface area contributed by atoms with Crippen LogP contribution in [0, 0.1) is 5.82 Å². The van der Waals surface area contributed by atoms with Crippen LogP contribution < -0.4 is 11.5 Å². The Hall–Kier alpha value is -1.59. The smallest absolute Gasteiger partial charge is 0.123 e. The van der Waals surface area contributed by atoms with Crippen molar-refractivity contribution in [3.63, 3.8) is 0 Å². The highest BCUT2D eigenvalue weighted by atomic mass is 32.2. The second kappa shape index (κ2) is 5.84. The van der Waals surface area contributed by atoms with E-state index in [1.54, 1.807) is 42.4 Å². The first-order valence-corrected chi connectivity index (χ1v) is 6.48. The highest BCUT2D eigenvalue weighted by molar-refractivity contribution is 7.99. The van der Waals surface area contributed by atoms with Gasteiger partial charge in [-0.3, -0.25) is 4.98 Å². The lowest BCUT2D eigenvalue weighted by Gasteiger charge is -2.13. The Morgan fingerprint density at radius 3 is 2.61 bits per heavy atom. The molecular formula is C13H14FN3S. The van der Waals surface area contributed by atoms with E-state index in [0.29, 0.717) is 11.4 Å². The van der Waals surface area contributed by atoms with Gasteiger partial charge >= 0.3 is 0 Å². The molecule has 18 heavy (non-hydrogen) atoms. The zero-order valence-electron chi connectivity index (χ0n) is 9.71.